The zero-order chi connectivity index (χ0) is 20.7. The third-order valence-corrected chi connectivity index (χ3v) is 7.53. The Bertz CT molecular complexity index is 1080. The van der Waals surface area contributed by atoms with E-state index in [0.717, 1.165) is 72.0 Å². The molecule has 1 saturated heterocycles. The molecule has 1 atom stereocenters. The summed E-state index contributed by atoms with van der Waals surface area (Å²) in [4.78, 5) is 22.8. The average molecular weight is 421 g/mol. The number of fused-ring (bicyclic) bond motifs is 2. The molecular weight excluding hydrogens is 392 g/mol. The van der Waals surface area contributed by atoms with Crippen molar-refractivity contribution in [2.45, 2.75) is 32.7 Å². The second-order valence-corrected chi connectivity index (χ2v) is 9.33. The molecular formula is C24H28N4OS. The van der Waals surface area contributed by atoms with E-state index in [4.69, 9.17) is 4.98 Å². The van der Waals surface area contributed by atoms with Crippen LogP contribution in [0.4, 0.5) is 5.13 Å². The van der Waals surface area contributed by atoms with E-state index in [-0.39, 0.29) is 11.9 Å². The summed E-state index contributed by atoms with van der Waals surface area (Å²) >= 11 is 1.71. The van der Waals surface area contributed by atoms with E-state index in [9.17, 15) is 4.79 Å². The zero-order valence-corrected chi connectivity index (χ0v) is 18.5. The number of aromatic nitrogens is 1. The quantitative estimate of drug-likeness (QED) is 0.688. The van der Waals surface area contributed by atoms with Gasteiger partial charge in [0.1, 0.15) is 0 Å². The number of rotatable bonds is 4. The summed E-state index contributed by atoms with van der Waals surface area (Å²) in [5.74, 6) is 0.00760. The number of hydrogen-bond acceptors (Lipinski definition) is 5. The molecule has 0 spiro atoms. The van der Waals surface area contributed by atoms with Crippen molar-refractivity contribution in [3.05, 3.63) is 58.7 Å². The van der Waals surface area contributed by atoms with Gasteiger partial charge in [0, 0.05) is 31.7 Å². The van der Waals surface area contributed by atoms with Crippen LogP contribution < -0.4 is 10.2 Å². The summed E-state index contributed by atoms with van der Waals surface area (Å²) in [7, 11) is 0. The second-order valence-electron chi connectivity index (χ2n) is 8.32. The SMILES string of the molecule is CCN1CCN(c2nc3c(C)cc(C(=O)NC4CCc5ccccc54)cc3s2)CC1. The number of aryl methyl sites for hydroxylation is 2. The molecule has 2 aromatic carbocycles. The van der Waals surface area contributed by atoms with Crippen molar-refractivity contribution in [2.75, 3.05) is 37.6 Å². The van der Waals surface area contributed by atoms with E-state index in [1.165, 1.54) is 11.1 Å². The lowest BCUT2D eigenvalue weighted by atomic mass is 10.1. The Hall–Kier alpha value is -2.44. The number of piperazine rings is 1. The predicted octanol–water partition coefficient (Wildman–Crippen LogP) is 4.16. The summed E-state index contributed by atoms with van der Waals surface area (Å²) < 4.78 is 1.10. The first kappa shape index (κ1) is 19.5. The van der Waals surface area contributed by atoms with E-state index in [0.29, 0.717) is 0 Å². The predicted molar refractivity (Wildman–Crippen MR) is 124 cm³/mol. The van der Waals surface area contributed by atoms with Crippen molar-refractivity contribution in [3.8, 4) is 0 Å². The molecule has 5 rings (SSSR count). The third-order valence-electron chi connectivity index (χ3n) is 6.46. The van der Waals surface area contributed by atoms with Crippen LogP contribution >= 0.6 is 11.3 Å². The fourth-order valence-electron chi connectivity index (χ4n) is 4.66. The molecule has 2 heterocycles. The normalized spacial score (nSPS) is 19.3. The molecule has 1 aliphatic carbocycles. The first-order valence-corrected chi connectivity index (χ1v) is 11.7. The molecule has 1 unspecified atom stereocenters. The molecule has 0 radical (unpaired) electrons. The van der Waals surface area contributed by atoms with E-state index in [1.807, 2.05) is 12.1 Å². The maximum atomic E-state index is 13.0. The summed E-state index contributed by atoms with van der Waals surface area (Å²) in [5.41, 5.74) is 5.44. The Morgan fingerprint density at radius 1 is 1.20 bits per heavy atom. The standard InChI is InChI=1S/C24H28N4OS/c1-3-27-10-12-28(13-11-27)24-26-22-16(2)14-18(15-21(22)30-24)23(29)25-20-9-8-17-6-4-5-7-19(17)20/h4-7,14-15,20H,3,8-13H2,1-2H3,(H,25,29). The van der Waals surface area contributed by atoms with Crippen LogP contribution in [0.3, 0.4) is 0 Å². The van der Waals surface area contributed by atoms with Crippen molar-refractivity contribution < 1.29 is 4.79 Å². The van der Waals surface area contributed by atoms with Crippen molar-refractivity contribution in [1.29, 1.82) is 0 Å². The van der Waals surface area contributed by atoms with Gasteiger partial charge in [0.15, 0.2) is 5.13 Å². The summed E-state index contributed by atoms with van der Waals surface area (Å²) in [6, 6.07) is 12.5. The molecule has 3 aromatic rings. The maximum Gasteiger partial charge on any atom is 0.251 e. The van der Waals surface area contributed by atoms with E-state index in [1.54, 1.807) is 11.3 Å². The van der Waals surface area contributed by atoms with Crippen LogP contribution in [0, 0.1) is 6.92 Å². The smallest absolute Gasteiger partial charge is 0.251 e. The number of amides is 1. The van der Waals surface area contributed by atoms with Gasteiger partial charge in [0.05, 0.1) is 16.3 Å². The lowest BCUT2D eigenvalue weighted by Crippen LogP contribution is -2.46. The number of nitrogens with one attached hydrogen (secondary N) is 1. The fraction of sp³-hybridized carbons (Fsp3) is 0.417. The topological polar surface area (TPSA) is 48.5 Å². The molecule has 1 aliphatic heterocycles. The third kappa shape index (κ3) is 3.59. The Balaban J connectivity index is 1.36. The van der Waals surface area contributed by atoms with Crippen molar-refractivity contribution in [1.82, 2.24) is 15.2 Å². The van der Waals surface area contributed by atoms with Crippen LogP contribution in [0.25, 0.3) is 10.2 Å². The lowest BCUT2D eigenvalue weighted by molar-refractivity contribution is 0.0937. The van der Waals surface area contributed by atoms with Gasteiger partial charge in [-0.3, -0.25) is 4.79 Å². The molecule has 5 nitrogen and oxygen atoms in total. The van der Waals surface area contributed by atoms with Crippen LogP contribution in [0.5, 0.6) is 0 Å². The van der Waals surface area contributed by atoms with Gasteiger partial charge in [-0.1, -0.05) is 42.5 Å². The highest BCUT2D eigenvalue weighted by atomic mass is 32.1. The minimum atomic E-state index is 0.00760. The van der Waals surface area contributed by atoms with Gasteiger partial charge in [-0.15, -0.1) is 0 Å². The first-order chi connectivity index (χ1) is 14.6. The van der Waals surface area contributed by atoms with E-state index >= 15 is 0 Å². The summed E-state index contributed by atoms with van der Waals surface area (Å²) in [5, 5.41) is 4.33. The molecule has 0 bridgehead atoms. The molecule has 1 aromatic heterocycles. The highest BCUT2D eigenvalue weighted by Crippen LogP contribution is 2.34. The Labute approximate surface area is 181 Å². The number of carbonyl (C=O) groups excluding carboxylic acids is 1. The van der Waals surface area contributed by atoms with Gasteiger partial charge in [0.2, 0.25) is 0 Å². The molecule has 0 saturated carbocycles. The van der Waals surface area contributed by atoms with Crippen LogP contribution in [0.2, 0.25) is 0 Å². The molecule has 6 heteroatoms. The second kappa shape index (κ2) is 8.00. The fourth-order valence-corrected chi connectivity index (χ4v) is 5.79. The lowest BCUT2D eigenvalue weighted by Gasteiger charge is -2.33. The molecule has 30 heavy (non-hydrogen) atoms. The maximum absolute atomic E-state index is 13.0. The largest absolute Gasteiger partial charge is 0.345 e. The number of thiazole rings is 1. The average Bonchev–Trinajstić information content (AvgIpc) is 3.39. The van der Waals surface area contributed by atoms with Gasteiger partial charge in [-0.2, -0.15) is 0 Å². The van der Waals surface area contributed by atoms with E-state index in [2.05, 4.69) is 53.2 Å². The number of carbonyl (C=O) groups is 1. The van der Waals surface area contributed by atoms with Crippen LogP contribution in [0.1, 0.15) is 46.4 Å². The van der Waals surface area contributed by atoms with Gasteiger partial charge in [-0.25, -0.2) is 4.98 Å². The Kier molecular flexibility index (Phi) is 5.21. The van der Waals surface area contributed by atoms with Crippen molar-refractivity contribution >= 4 is 32.6 Å². The highest BCUT2D eigenvalue weighted by molar-refractivity contribution is 7.22. The monoisotopic (exact) mass is 420 g/mol. The number of nitrogens with zero attached hydrogens (tertiary/aromatic N) is 3. The minimum absolute atomic E-state index is 0.00760. The van der Waals surface area contributed by atoms with Crippen molar-refractivity contribution in [3.63, 3.8) is 0 Å². The van der Waals surface area contributed by atoms with Crippen molar-refractivity contribution in [2.24, 2.45) is 0 Å². The molecule has 2 aliphatic rings. The Morgan fingerprint density at radius 2 is 2.00 bits per heavy atom. The number of anilines is 1. The Morgan fingerprint density at radius 3 is 2.80 bits per heavy atom. The van der Waals surface area contributed by atoms with Gasteiger partial charge < -0.3 is 15.1 Å². The molecule has 1 N–H and O–H groups in total. The summed E-state index contributed by atoms with van der Waals surface area (Å²) in [6.07, 6.45) is 2.00. The molecule has 156 valence electrons. The minimum Gasteiger partial charge on any atom is -0.345 e. The number of benzene rings is 2. The van der Waals surface area contributed by atoms with E-state index < -0.39 is 0 Å². The highest BCUT2D eigenvalue weighted by Gasteiger charge is 2.25. The van der Waals surface area contributed by atoms with Gasteiger partial charge in [0.25, 0.3) is 5.91 Å². The molecule has 1 amide bonds. The number of hydrogen-bond donors (Lipinski definition) is 1. The van der Waals surface area contributed by atoms with Gasteiger partial charge >= 0.3 is 0 Å². The molecule has 1 fully saturated rings. The zero-order valence-electron chi connectivity index (χ0n) is 17.6. The summed E-state index contributed by atoms with van der Waals surface area (Å²) in [6.45, 7) is 9.58. The first-order valence-electron chi connectivity index (χ1n) is 10.9. The number of likely N-dealkylation sites (N-methyl/N-ethyl adjacent to an activating group) is 1. The van der Waals surface area contributed by atoms with Crippen LogP contribution in [0.15, 0.2) is 36.4 Å². The van der Waals surface area contributed by atoms with Crippen LogP contribution in [-0.4, -0.2) is 48.5 Å². The van der Waals surface area contributed by atoms with Gasteiger partial charge in [-0.05, 0) is 55.1 Å². The van der Waals surface area contributed by atoms with Crippen LogP contribution in [-0.2, 0) is 6.42 Å².